The van der Waals surface area contributed by atoms with Gasteiger partial charge in [0.15, 0.2) is 5.71 Å². The second-order valence-corrected chi connectivity index (χ2v) is 21.3. The van der Waals surface area contributed by atoms with Crippen molar-refractivity contribution in [2.24, 2.45) is 15.1 Å². The van der Waals surface area contributed by atoms with Crippen LogP contribution in [0.4, 0.5) is 11.4 Å². The summed E-state index contributed by atoms with van der Waals surface area (Å²) < 4.78 is 124. The van der Waals surface area contributed by atoms with Gasteiger partial charge in [0, 0.05) is 74.7 Å². The van der Waals surface area contributed by atoms with Crippen molar-refractivity contribution in [1.82, 2.24) is 0 Å². The van der Waals surface area contributed by atoms with Crippen LogP contribution in [0.15, 0.2) is 79.3 Å². The Labute approximate surface area is 403 Å². The number of nitrogens with two attached hydrogens (primary N) is 1. The van der Waals surface area contributed by atoms with E-state index in [0.29, 0.717) is 106 Å². The van der Waals surface area contributed by atoms with Crippen molar-refractivity contribution in [2.45, 2.75) is 79.4 Å². The van der Waals surface area contributed by atoms with Crippen LogP contribution in [0.1, 0.15) is 69.9 Å². The van der Waals surface area contributed by atoms with Gasteiger partial charge in [-0.3, -0.25) is 9.35 Å². The summed E-state index contributed by atoms with van der Waals surface area (Å²) in [7, 11) is -10.4. The molecule has 384 valence electrons. The van der Waals surface area contributed by atoms with Crippen LogP contribution in [0.3, 0.4) is 0 Å². The summed E-state index contributed by atoms with van der Waals surface area (Å²) in [5.74, 6) is 3.91. The average Bonchev–Trinajstić information content (AvgIpc) is 3.69. The lowest BCUT2D eigenvalue weighted by molar-refractivity contribution is -0.438. The van der Waals surface area contributed by atoms with Crippen LogP contribution in [-0.4, -0.2) is 145 Å². The van der Waals surface area contributed by atoms with Gasteiger partial charge in [-0.2, -0.15) is 35.7 Å². The lowest BCUT2D eigenvalue weighted by Crippen LogP contribution is -2.33. The minimum Gasteiger partial charge on any atom is -0.383 e. The van der Waals surface area contributed by atoms with Gasteiger partial charge in [0.05, 0.1) is 89.6 Å². The van der Waals surface area contributed by atoms with Gasteiger partial charge in [-0.25, -0.2) is 0 Å². The number of nitrogens with zero attached hydrogens (tertiary/aromatic N) is 4. The molecule has 25 heteroatoms. The summed E-state index contributed by atoms with van der Waals surface area (Å²) in [5, 5.41) is 0. The van der Waals surface area contributed by atoms with Crippen molar-refractivity contribution in [3.8, 4) is 0 Å². The number of methoxy groups -OCH3 is 2. The monoisotopic (exact) mass is 1030 g/mol. The molecule has 0 fully saturated rings. The number of hydrogen-bond acceptors (Lipinski definition) is 18. The first-order valence-electron chi connectivity index (χ1n) is 22.3. The van der Waals surface area contributed by atoms with Crippen molar-refractivity contribution in [3.05, 3.63) is 81.3 Å². The lowest BCUT2D eigenvalue weighted by atomic mass is 9.76. The summed E-state index contributed by atoms with van der Waals surface area (Å²) in [6, 6.07) is 8.53. The molecule has 0 saturated carbocycles. The molecule has 2 aliphatic heterocycles. The third-order valence-electron chi connectivity index (χ3n) is 12.0. The van der Waals surface area contributed by atoms with E-state index in [2.05, 4.69) is 14.0 Å². The number of hydrogen-bond donors (Lipinski definition) is 2. The van der Waals surface area contributed by atoms with E-state index in [1.165, 1.54) is 31.4 Å². The molecule has 0 amide bonds. The van der Waals surface area contributed by atoms with Crippen LogP contribution in [0.25, 0.3) is 0 Å². The molecule has 2 heterocycles. The van der Waals surface area contributed by atoms with Crippen molar-refractivity contribution < 1.29 is 72.4 Å². The van der Waals surface area contributed by atoms with Crippen molar-refractivity contribution in [2.75, 3.05) is 104 Å². The first-order valence-corrected chi connectivity index (χ1v) is 26.8. The van der Waals surface area contributed by atoms with E-state index in [1.54, 1.807) is 38.3 Å². The van der Waals surface area contributed by atoms with Gasteiger partial charge >= 0.3 is 26.0 Å². The zero-order valence-electron chi connectivity index (χ0n) is 39.4. The van der Waals surface area contributed by atoms with Crippen LogP contribution in [0.5, 0.6) is 0 Å². The number of ether oxygens (including phenoxy) is 6. The fourth-order valence-corrected chi connectivity index (χ4v) is 10.1. The molecule has 2 aliphatic rings. The number of rotatable bonds is 34. The molecule has 0 bridgehead atoms. The summed E-state index contributed by atoms with van der Waals surface area (Å²) in [4.78, 5) is 40.3. The number of fused-ring (bicyclic) bond motifs is 2. The molecule has 2 unspecified atom stereocenters. The highest BCUT2D eigenvalue weighted by molar-refractivity contribution is 7.90. The van der Waals surface area contributed by atoms with Crippen molar-refractivity contribution >= 4 is 53.2 Å². The Balaban J connectivity index is 1.76. The maximum absolute atomic E-state index is 12.9. The molecule has 3 N–H and O–H groups in total. The minimum atomic E-state index is -4.56. The van der Waals surface area contributed by atoms with E-state index >= 15 is 0 Å². The molecule has 0 saturated heterocycles. The van der Waals surface area contributed by atoms with E-state index in [9.17, 15) is 44.4 Å². The van der Waals surface area contributed by atoms with Crippen molar-refractivity contribution in [1.29, 1.82) is 0 Å². The van der Waals surface area contributed by atoms with Crippen LogP contribution in [0, 0.1) is 9.81 Å². The van der Waals surface area contributed by atoms with E-state index in [4.69, 9.17) is 34.3 Å². The predicted molar refractivity (Wildman–Crippen MR) is 254 cm³/mol. The fraction of sp³-hybridized carbons (Fsp3) is 0.591. The standard InChI is InChI=1S/C44H63N5O17S3/c1-43(17-9-31-67(53,54)55)36-32-34(68(56,57)46-51)14-16-39(36)49(20-22-60-3)40(43)10-8-11-41-44(2,18-21-62-25-26-64-29-30-65-28-27-63-24-23-61-4)37-33-35(69(58,59)47-52)13-15-38(37)48(41)19-7-5-6-12-42(50)66-45/h8,10-11,13-16,32-33H,5-7,9,12,17-31,45H2,1-4H3/p+1. The van der Waals surface area contributed by atoms with Crippen LogP contribution >= 0.6 is 0 Å². The van der Waals surface area contributed by atoms with Crippen LogP contribution < -0.4 is 10.8 Å². The summed E-state index contributed by atoms with van der Waals surface area (Å²) in [6.07, 6.45) is 7.63. The third-order valence-corrected chi connectivity index (χ3v) is 14.9. The van der Waals surface area contributed by atoms with Gasteiger partial charge in [0.2, 0.25) is 5.69 Å². The highest BCUT2D eigenvalue weighted by Gasteiger charge is 2.48. The number of benzene rings is 2. The van der Waals surface area contributed by atoms with E-state index in [-0.39, 0.29) is 62.0 Å². The smallest absolute Gasteiger partial charge is 0.324 e. The van der Waals surface area contributed by atoms with E-state index in [0.717, 1.165) is 0 Å². The van der Waals surface area contributed by atoms with Crippen molar-refractivity contribution in [3.63, 3.8) is 0 Å². The SMILES string of the molecule is COCCOCCOCCOCCOCCC1(C)C(/C=C/C=C2/N(CCOC)c3ccc(S(=O)(=O)N=O)cc3C2(C)CCCS(=O)(=O)O)=[N+](CCCCCC(=O)ON)c2ccc(S(=O)(=O)N=O)cc21. The van der Waals surface area contributed by atoms with Gasteiger partial charge in [-0.1, -0.05) is 6.08 Å². The van der Waals surface area contributed by atoms with Crippen LogP contribution in [-0.2, 0) is 79.0 Å². The average molecular weight is 1030 g/mol. The Morgan fingerprint density at radius 3 is 1.86 bits per heavy atom. The number of anilines is 1. The highest BCUT2D eigenvalue weighted by atomic mass is 32.2. The van der Waals surface area contributed by atoms with Crippen LogP contribution in [0.2, 0.25) is 0 Å². The molecule has 0 spiro atoms. The first-order chi connectivity index (χ1) is 32.8. The molecular weight excluding hydrogens is 967 g/mol. The fourth-order valence-electron chi connectivity index (χ4n) is 8.45. The van der Waals surface area contributed by atoms with Gasteiger partial charge in [-0.15, -0.1) is 9.81 Å². The second kappa shape index (κ2) is 26.7. The quantitative estimate of drug-likeness (QED) is 0.0319. The second-order valence-electron chi connectivity index (χ2n) is 16.6. The summed E-state index contributed by atoms with van der Waals surface area (Å²) in [5.41, 5.74) is 1.56. The Bertz CT molecular complexity index is 2520. The number of allylic oxidation sites excluding steroid dienone is 4. The zero-order chi connectivity index (χ0) is 50.7. The number of unbranched alkanes of at least 4 members (excludes halogenated alkanes) is 2. The molecule has 0 aromatic heterocycles. The Morgan fingerprint density at radius 2 is 1.29 bits per heavy atom. The number of nitroso groups, excluding NO2 is 2. The summed E-state index contributed by atoms with van der Waals surface area (Å²) >= 11 is 0. The van der Waals surface area contributed by atoms with E-state index < -0.39 is 52.7 Å². The number of sulfonamides is 2. The van der Waals surface area contributed by atoms with Gasteiger partial charge < -0.3 is 38.2 Å². The molecule has 2 atom stereocenters. The highest BCUT2D eigenvalue weighted by Crippen LogP contribution is 2.51. The molecule has 4 rings (SSSR count). The molecule has 0 aliphatic carbocycles. The first kappa shape index (κ1) is 57.2. The molecule has 22 nitrogen and oxygen atoms in total. The largest absolute Gasteiger partial charge is 0.383 e. The Morgan fingerprint density at radius 1 is 0.725 bits per heavy atom. The lowest BCUT2D eigenvalue weighted by Gasteiger charge is -2.30. The molecule has 0 radical (unpaired) electrons. The molecular formula is C44H64N5O17S3+. The maximum Gasteiger partial charge on any atom is 0.324 e. The van der Waals surface area contributed by atoms with Gasteiger partial charge in [0.1, 0.15) is 6.54 Å². The molecule has 69 heavy (non-hydrogen) atoms. The predicted octanol–water partition coefficient (Wildman–Crippen LogP) is 4.57. The topological polar surface area (TPSA) is 295 Å². The normalized spacial score (nSPS) is 18.9. The zero-order valence-corrected chi connectivity index (χ0v) is 41.9. The number of carbonyl (C=O) groups excluding carboxylic acids is 1. The maximum atomic E-state index is 12.9. The minimum absolute atomic E-state index is 0.0246. The Kier molecular flexibility index (Phi) is 22.1. The molecule has 2 aromatic rings. The van der Waals surface area contributed by atoms with Gasteiger partial charge in [0.25, 0.3) is 10.1 Å². The van der Waals surface area contributed by atoms with Gasteiger partial charge in [-0.05, 0) is 87.9 Å². The number of carbonyl (C=O) groups is 1. The molecule has 2 aromatic carbocycles. The third kappa shape index (κ3) is 15.5. The summed E-state index contributed by atoms with van der Waals surface area (Å²) in [6.45, 7) is 7.84. The Hall–Kier alpha value is -4.41. The van der Waals surface area contributed by atoms with E-state index in [1.807, 2.05) is 22.5 Å².